The summed E-state index contributed by atoms with van der Waals surface area (Å²) in [7, 11) is 1.60. The predicted octanol–water partition coefficient (Wildman–Crippen LogP) is 2.81. The van der Waals surface area contributed by atoms with E-state index in [9.17, 15) is 8.78 Å². The van der Waals surface area contributed by atoms with Crippen LogP contribution in [0.25, 0.3) is 0 Å². The van der Waals surface area contributed by atoms with Crippen LogP contribution in [0.1, 0.15) is 17.3 Å². The maximum absolute atomic E-state index is 13.7. The smallest absolute Gasteiger partial charge is 0.162 e. The van der Waals surface area contributed by atoms with Gasteiger partial charge in [-0.2, -0.15) is 5.10 Å². The van der Waals surface area contributed by atoms with Gasteiger partial charge in [0, 0.05) is 7.11 Å². The molecule has 21 heavy (non-hydrogen) atoms. The van der Waals surface area contributed by atoms with E-state index in [1.54, 1.807) is 18.0 Å². The molecule has 1 atom stereocenters. The quantitative estimate of drug-likeness (QED) is 0.862. The molecule has 2 N–H and O–H groups in total. The molecule has 7 heteroatoms. The number of nitrogens with two attached hydrogens (primary N) is 1. The molecule has 1 unspecified atom stereocenters. The topological polar surface area (TPSA) is 53.1 Å². The van der Waals surface area contributed by atoms with Crippen molar-refractivity contribution in [2.45, 2.75) is 19.0 Å². The van der Waals surface area contributed by atoms with Crippen LogP contribution in [0.2, 0.25) is 0 Å². The van der Waals surface area contributed by atoms with Crippen LogP contribution in [0.3, 0.4) is 0 Å². The van der Waals surface area contributed by atoms with Gasteiger partial charge in [0.05, 0.1) is 35.6 Å². The zero-order valence-corrected chi connectivity index (χ0v) is 13.1. The second kappa shape index (κ2) is 7.11. The maximum atomic E-state index is 13.7. The normalized spacial score (nSPS) is 12.6. The van der Waals surface area contributed by atoms with Gasteiger partial charge in [-0.1, -0.05) is 12.1 Å². The van der Waals surface area contributed by atoms with Crippen molar-refractivity contribution >= 4 is 15.9 Å². The Bertz CT molecular complexity index is 618. The molecule has 0 radical (unpaired) electrons. The Morgan fingerprint density at radius 1 is 1.43 bits per heavy atom. The second-order valence-corrected chi connectivity index (χ2v) is 5.47. The van der Waals surface area contributed by atoms with E-state index in [2.05, 4.69) is 21.0 Å². The lowest BCUT2D eigenvalue weighted by molar-refractivity contribution is 0.182. The Morgan fingerprint density at radius 3 is 2.90 bits per heavy atom. The number of hydrogen-bond donors (Lipinski definition) is 1. The first kappa shape index (κ1) is 16.1. The molecular weight excluding hydrogens is 344 g/mol. The average Bonchev–Trinajstić information content (AvgIpc) is 2.82. The van der Waals surface area contributed by atoms with Crippen molar-refractivity contribution in [2.24, 2.45) is 5.73 Å². The summed E-state index contributed by atoms with van der Waals surface area (Å²) in [6, 6.07) is 3.58. The average molecular weight is 360 g/mol. The van der Waals surface area contributed by atoms with Gasteiger partial charge >= 0.3 is 0 Å². The first-order valence-corrected chi connectivity index (χ1v) is 7.22. The standard InChI is InChI=1S/C14H16BrF2N3O/c1-21-6-5-20-14(10(15)8-19-20)12(18)7-9-3-2-4-11(16)13(9)17/h2-4,8,12H,5-7,18H2,1H3. The Kier molecular flexibility index (Phi) is 5.44. The molecule has 0 aliphatic rings. The number of halogens is 3. The molecule has 0 fully saturated rings. The third kappa shape index (κ3) is 3.66. The molecule has 0 amide bonds. The molecule has 2 rings (SSSR count). The lowest BCUT2D eigenvalue weighted by Crippen LogP contribution is -2.21. The molecule has 114 valence electrons. The first-order valence-electron chi connectivity index (χ1n) is 6.43. The van der Waals surface area contributed by atoms with Crippen LogP contribution in [0.15, 0.2) is 28.9 Å². The van der Waals surface area contributed by atoms with Crippen LogP contribution >= 0.6 is 15.9 Å². The SMILES string of the molecule is COCCn1ncc(Br)c1C(N)Cc1cccc(F)c1F. The van der Waals surface area contributed by atoms with Gasteiger partial charge < -0.3 is 10.5 Å². The third-order valence-electron chi connectivity index (χ3n) is 3.16. The van der Waals surface area contributed by atoms with Gasteiger partial charge in [-0.25, -0.2) is 8.78 Å². The summed E-state index contributed by atoms with van der Waals surface area (Å²) < 4.78 is 34.4. The Labute approximate surface area is 130 Å². The van der Waals surface area contributed by atoms with Gasteiger partial charge in [0.2, 0.25) is 0 Å². The van der Waals surface area contributed by atoms with Crippen LogP contribution < -0.4 is 5.73 Å². The van der Waals surface area contributed by atoms with E-state index in [-0.39, 0.29) is 12.0 Å². The Morgan fingerprint density at radius 2 is 2.19 bits per heavy atom. The van der Waals surface area contributed by atoms with Crippen LogP contribution in [0.5, 0.6) is 0 Å². The van der Waals surface area contributed by atoms with Crippen LogP contribution in [-0.4, -0.2) is 23.5 Å². The fourth-order valence-electron chi connectivity index (χ4n) is 2.14. The molecule has 0 saturated carbocycles. The van der Waals surface area contributed by atoms with E-state index in [1.165, 1.54) is 12.1 Å². The number of ether oxygens (including phenoxy) is 1. The van der Waals surface area contributed by atoms with Crippen LogP contribution in [0, 0.1) is 11.6 Å². The molecule has 4 nitrogen and oxygen atoms in total. The molecular formula is C14H16BrF2N3O. The summed E-state index contributed by atoms with van der Waals surface area (Å²) in [5.41, 5.74) is 7.12. The predicted molar refractivity (Wildman–Crippen MR) is 78.8 cm³/mol. The van der Waals surface area contributed by atoms with Crippen molar-refractivity contribution in [3.63, 3.8) is 0 Å². The van der Waals surface area contributed by atoms with E-state index >= 15 is 0 Å². The summed E-state index contributed by atoms with van der Waals surface area (Å²) in [6.07, 6.45) is 1.81. The highest BCUT2D eigenvalue weighted by molar-refractivity contribution is 9.10. The summed E-state index contributed by atoms with van der Waals surface area (Å²) >= 11 is 3.38. The van der Waals surface area contributed by atoms with Gasteiger partial charge in [0.25, 0.3) is 0 Å². The molecule has 1 heterocycles. The van der Waals surface area contributed by atoms with Gasteiger partial charge in [-0.15, -0.1) is 0 Å². The van der Waals surface area contributed by atoms with Crippen molar-refractivity contribution < 1.29 is 13.5 Å². The highest BCUT2D eigenvalue weighted by Crippen LogP contribution is 2.25. The molecule has 1 aromatic carbocycles. The van der Waals surface area contributed by atoms with E-state index in [1.807, 2.05) is 0 Å². The number of rotatable bonds is 6. The molecule has 2 aromatic rings. The zero-order valence-electron chi connectivity index (χ0n) is 11.5. The van der Waals surface area contributed by atoms with Gasteiger partial charge in [-0.3, -0.25) is 4.68 Å². The molecule has 0 aliphatic heterocycles. The Balaban J connectivity index is 2.22. The summed E-state index contributed by atoms with van der Waals surface area (Å²) in [4.78, 5) is 0. The van der Waals surface area contributed by atoms with Crippen molar-refractivity contribution in [3.8, 4) is 0 Å². The summed E-state index contributed by atoms with van der Waals surface area (Å²) in [5, 5.41) is 4.20. The Hall–Kier alpha value is -1.31. The zero-order chi connectivity index (χ0) is 15.4. The molecule has 0 spiro atoms. The van der Waals surface area contributed by atoms with E-state index in [0.29, 0.717) is 13.2 Å². The first-order chi connectivity index (χ1) is 10.0. The minimum atomic E-state index is -0.869. The van der Waals surface area contributed by atoms with Crippen molar-refractivity contribution in [1.29, 1.82) is 0 Å². The third-order valence-corrected chi connectivity index (χ3v) is 3.77. The molecule has 0 aliphatic carbocycles. The second-order valence-electron chi connectivity index (χ2n) is 4.62. The fraction of sp³-hybridized carbons (Fsp3) is 0.357. The van der Waals surface area contributed by atoms with Gasteiger partial charge in [-0.05, 0) is 34.0 Å². The number of benzene rings is 1. The van der Waals surface area contributed by atoms with Crippen molar-refractivity contribution in [2.75, 3.05) is 13.7 Å². The highest BCUT2D eigenvalue weighted by Gasteiger charge is 2.19. The number of hydrogen-bond acceptors (Lipinski definition) is 3. The number of nitrogens with zero attached hydrogens (tertiary/aromatic N) is 2. The van der Waals surface area contributed by atoms with E-state index < -0.39 is 17.7 Å². The van der Waals surface area contributed by atoms with Gasteiger partial charge in [0.1, 0.15) is 0 Å². The van der Waals surface area contributed by atoms with E-state index in [0.717, 1.165) is 16.2 Å². The minimum absolute atomic E-state index is 0.181. The monoisotopic (exact) mass is 359 g/mol. The molecule has 0 saturated heterocycles. The van der Waals surface area contributed by atoms with Crippen LogP contribution in [0.4, 0.5) is 8.78 Å². The largest absolute Gasteiger partial charge is 0.383 e. The lowest BCUT2D eigenvalue weighted by Gasteiger charge is -2.15. The van der Waals surface area contributed by atoms with Crippen molar-refractivity contribution in [3.05, 3.63) is 51.8 Å². The lowest BCUT2D eigenvalue weighted by atomic mass is 10.0. The maximum Gasteiger partial charge on any atom is 0.162 e. The van der Waals surface area contributed by atoms with Crippen molar-refractivity contribution in [1.82, 2.24) is 9.78 Å². The minimum Gasteiger partial charge on any atom is -0.383 e. The molecule has 0 bridgehead atoms. The fourth-order valence-corrected chi connectivity index (χ4v) is 2.73. The van der Waals surface area contributed by atoms with Crippen LogP contribution in [-0.2, 0) is 17.7 Å². The van der Waals surface area contributed by atoms with E-state index in [4.69, 9.17) is 10.5 Å². The number of methoxy groups -OCH3 is 1. The highest BCUT2D eigenvalue weighted by atomic mass is 79.9. The molecule has 1 aromatic heterocycles. The summed E-state index contributed by atoms with van der Waals surface area (Å²) in [5.74, 6) is -1.72. The number of aromatic nitrogens is 2. The summed E-state index contributed by atoms with van der Waals surface area (Å²) in [6.45, 7) is 1.03. The van der Waals surface area contributed by atoms with Gasteiger partial charge in [0.15, 0.2) is 11.6 Å².